The number of hydrogen-bond donors (Lipinski definition) is 1. The van der Waals surface area contributed by atoms with Crippen molar-refractivity contribution < 1.29 is 23.6 Å². The lowest BCUT2D eigenvalue weighted by Gasteiger charge is -2.20. The van der Waals surface area contributed by atoms with Gasteiger partial charge in [0.1, 0.15) is 11.8 Å². The van der Waals surface area contributed by atoms with Gasteiger partial charge in [-0.3, -0.25) is 4.79 Å². The Labute approximate surface area is 171 Å². The van der Waals surface area contributed by atoms with Crippen LogP contribution in [0.4, 0.5) is 0 Å². The molecule has 1 atom stereocenters. The normalized spacial score (nSPS) is 11.9. The van der Waals surface area contributed by atoms with Gasteiger partial charge in [-0.25, -0.2) is 4.79 Å². The molecule has 1 N–H and O–H groups in total. The van der Waals surface area contributed by atoms with Crippen LogP contribution in [0, 0.1) is 5.92 Å². The number of carbonyl (C=O) groups is 2. The Morgan fingerprint density at radius 3 is 2.59 bits per heavy atom. The third-order valence-electron chi connectivity index (χ3n) is 4.14. The highest BCUT2D eigenvalue weighted by atomic mass is 32.1. The van der Waals surface area contributed by atoms with E-state index in [2.05, 4.69) is 15.5 Å². The van der Waals surface area contributed by atoms with Gasteiger partial charge < -0.3 is 19.3 Å². The summed E-state index contributed by atoms with van der Waals surface area (Å²) in [7, 11) is 1.55. The Balaban J connectivity index is 1.59. The molecule has 2 heterocycles. The minimum Gasteiger partial charge on any atom is -0.497 e. The lowest BCUT2D eigenvalue weighted by Crippen LogP contribution is -2.45. The van der Waals surface area contributed by atoms with Crippen molar-refractivity contribution in [1.82, 2.24) is 15.5 Å². The first-order chi connectivity index (χ1) is 14.0. The molecule has 0 fully saturated rings. The van der Waals surface area contributed by atoms with Gasteiger partial charge >= 0.3 is 5.97 Å². The van der Waals surface area contributed by atoms with Crippen LogP contribution in [-0.2, 0) is 16.1 Å². The molecule has 9 heteroatoms. The summed E-state index contributed by atoms with van der Waals surface area (Å²) in [6.07, 6.45) is 0. The lowest BCUT2D eigenvalue weighted by molar-refractivity contribution is -0.149. The molecule has 0 aliphatic carbocycles. The average Bonchev–Trinajstić information content (AvgIpc) is 3.41. The Bertz CT molecular complexity index is 951. The molecular weight excluding hydrogens is 394 g/mol. The van der Waals surface area contributed by atoms with Gasteiger partial charge in [-0.05, 0) is 41.6 Å². The summed E-state index contributed by atoms with van der Waals surface area (Å²) in [5.41, 5.74) is 1.25. The number of nitrogens with one attached hydrogen (secondary N) is 1. The van der Waals surface area contributed by atoms with Gasteiger partial charge in [0.05, 0.1) is 7.11 Å². The highest BCUT2D eigenvalue weighted by Crippen LogP contribution is 2.19. The van der Waals surface area contributed by atoms with Crippen molar-refractivity contribution in [1.29, 1.82) is 0 Å². The zero-order valence-electron chi connectivity index (χ0n) is 16.2. The zero-order valence-corrected chi connectivity index (χ0v) is 17.1. The van der Waals surface area contributed by atoms with Crippen LogP contribution in [0.2, 0.25) is 0 Å². The maximum Gasteiger partial charge on any atom is 0.329 e. The number of carbonyl (C=O) groups excluding carboxylic acids is 2. The van der Waals surface area contributed by atoms with Crippen molar-refractivity contribution in [3.63, 3.8) is 0 Å². The third kappa shape index (κ3) is 5.20. The van der Waals surface area contributed by atoms with Crippen LogP contribution in [0.15, 0.2) is 45.6 Å². The van der Waals surface area contributed by atoms with Crippen LogP contribution in [0.1, 0.15) is 30.1 Å². The maximum atomic E-state index is 12.5. The van der Waals surface area contributed by atoms with E-state index in [4.69, 9.17) is 14.0 Å². The highest BCUT2D eigenvalue weighted by Gasteiger charge is 2.27. The molecule has 2 aromatic heterocycles. The molecule has 0 bridgehead atoms. The lowest BCUT2D eigenvalue weighted by atomic mass is 10.0. The van der Waals surface area contributed by atoms with Crippen LogP contribution in [0.25, 0.3) is 11.4 Å². The fourth-order valence-electron chi connectivity index (χ4n) is 2.51. The number of nitrogens with zero attached hydrogens (tertiary/aromatic N) is 2. The van der Waals surface area contributed by atoms with Gasteiger partial charge in [0.25, 0.3) is 11.8 Å². The summed E-state index contributed by atoms with van der Waals surface area (Å²) in [6, 6.07) is 7.66. The number of methoxy groups -OCH3 is 1. The number of rotatable bonds is 8. The van der Waals surface area contributed by atoms with E-state index >= 15 is 0 Å². The Morgan fingerprint density at radius 2 is 1.97 bits per heavy atom. The van der Waals surface area contributed by atoms with E-state index in [9.17, 15) is 9.59 Å². The average molecular weight is 415 g/mol. The molecule has 29 heavy (non-hydrogen) atoms. The van der Waals surface area contributed by atoms with Crippen LogP contribution in [0.5, 0.6) is 5.75 Å². The van der Waals surface area contributed by atoms with Crippen molar-refractivity contribution in [2.45, 2.75) is 26.5 Å². The number of esters is 1. The molecule has 0 aliphatic heterocycles. The SMILES string of the molecule is COc1ccc(C(=O)N[C@H](C(=O)OCc2nc(-c3ccsc3)no2)C(C)C)cc1. The van der Waals surface area contributed by atoms with Crippen LogP contribution in [-0.4, -0.2) is 35.2 Å². The molecule has 0 saturated carbocycles. The number of ether oxygens (including phenoxy) is 2. The molecule has 3 aromatic rings. The summed E-state index contributed by atoms with van der Waals surface area (Å²) in [6.45, 7) is 3.47. The molecule has 0 aliphatic rings. The fraction of sp³-hybridized carbons (Fsp3) is 0.300. The number of benzene rings is 1. The predicted octanol–water partition coefficient (Wildman–Crippen LogP) is 3.30. The van der Waals surface area contributed by atoms with Crippen molar-refractivity contribution in [2.75, 3.05) is 7.11 Å². The number of aromatic nitrogens is 2. The van der Waals surface area contributed by atoms with Crippen LogP contribution in [0.3, 0.4) is 0 Å². The molecule has 152 valence electrons. The third-order valence-corrected chi connectivity index (χ3v) is 4.83. The van der Waals surface area contributed by atoms with E-state index in [1.54, 1.807) is 31.4 Å². The molecule has 1 aromatic carbocycles. The molecule has 0 unspecified atom stereocenters. The van der Waals surface area contributed by atoms with Crippen molar-refractivity contribution in [3.8, 4) is 17.1 Å². The van der Waals surface area contributed by atoms with Crippen LogP contribution < -0.4 is 10.1 Å². The van der Waals surface area contributed by atoms with Gasteiger partial charge in [-0.15, -0.1) is 0 Å². The molecule has 0 saturated heterocycles. The first-order valence-electron chi connectivity index (χ1n) is 8.94. The molecule has 8 nitrogen and oxygen atoms in total. The number of thiophene rings is 1. The number of amides is 1. The Morgan fingerprint density at radius 1 is 1.21 bits per heavy atom. The molecule has 0 radical (unpaired) electrons. The zero-order chi connectivity index (χ0) is 20.8. The monoisotopic (exact) mass is 415 g/mol. The number of hydrogen-bond acceptors (Lipinski definition) is 8. The van der Waals surface area contributed by atoms with Gasteiger partial charge in [-0.1, -0.05) is 19.0 Å². The standard InChI is InChI=1S/C20H21N3O5S/c1-12(2)17(22-19(24)13-4-6-15(26-3)7-5-13)20(25)27-10-16-21-18(23-28-16)14-8-9-29-11-14/h4-9,11-12,17H,10H2,1-3H3,(H,22,24)/t17-/m0/s1. The summed E-state index contributed by atoms with van der Waals surface area (Å²) in [5, 5.41) is 10.4. The summed E-state index contributed by atoms with van der Waals surface area (Å²) in [4.78, 5) is 29.2. The smallest absolute Gasteiger partial charge is 0.329 e. The van der Waals surface area contributed by atoms with Crippen LogP contribution >= 0.6 is 11.3 Å². The largest absolute Gasteiger partial charge is 0.497 e. The van der Waals surface area contributed by atoms with Crippen molar-refractivity contribution in [3.05, 3.63) is 52.5 Å². The second-order valence-electron chi connectivity index (χ2n) is 6.56. The maximum absolute atomic E-state index is 12.5. The van der Waals surface area contributed by atoms with E-state index in [0.717, 1.165) is 5.56 Å². The van der Waals surface area contributed by atoms with E-state index in [1.807, 2.05) is 30.7 Å². The Kier molecular flexibility index (Phi) is 6.61. The van der Waals surface area contributed by atoms with Gasteiger partial charge in [0, 0.05) is 16.5 Å². The van der Waals surface area contributed by atoms with E-state index < -0.39 is 12.0 Å². The summed E-state index contributed by atoms with van der Waals surface area (Å²) >= 11 is 1.52. The first kappa shape index (κ1) is 20.5. The summed E-state index contributed by atoms with van der Waals surface area (Å²) < 4.78 is 15.5. The van der Waals surface area contributed by atoms with E-state index in [1.165, 1.54) is 11.3 Å². The van der Waals surface area contributed by atoms with Gasteiger partial charge in [0.2, 0.25) is 5.82 Å². The predicted molar refractivity (Wildman–Crippen MR) is 106 cm³/mol. The fourth-order valence-corrected chi connectivity index (χ4v) is 3.14. The van der Waals surface area contributed by atoms with Gasteiger partial charge in [-0.2, -0.15) is 16.3 Å². The quantitative estimate of drug-likeness (QED) is 0.563. The topological polar surface area (TPSA) is 104 Å². The minimum atomic E-state index is -0.816. The van der Waals surface area contributed by atoms with Gasteiger partial charge in [0.15, 0.2) is 6.61 Å². The minimum absolute atomic E-state index is 0.169. The van der Waals surface area contributed by atoms with Crippen molar-refractivity contribution in [2.24, 2.45) is 5.92 Å². The van der Waals surface area contributed by atoms with E-state index in [0.29, 0.717) is 17.1 Å². The first-order valence-corrected chi connectivity index (χ1v) is 9.89. The molecule has 3 rings (SSSR count). The van der Waals surface area contributed by atoms with E-state index in [-0.39, 0.29) is 24.3 Å². The molecule has 1 amide bonds. The molecular formula is C20H21N3O5S. The van der Waals surface area contributed by atoms with Crippen molar-refractivity contribution >= 4 is 23.2 Å². The summed E-state index contributed by atoms with van der Waals surface area (Å²) in [5.74, 6) is 0.142. The highest BCUT2D eigenvalue weighted by molar-refractivity contribution is 7.08. The second-order valence-corrected chi connectivity index (χ2v) is 7.34. The molecule has 0 spiro atoms. The Hall–Kier alpha value is -3.20. The second kappa shape index (κ2) is 9.33.